The maximum atomic E-state index is 11.2. The smallest absolute Gasteiger partial charge is 0.325 e. The molecule has 0 spiro atoms. The van der Waals surface area contributed by atoms with E-state index < -0.39 is 5.54 Å². The quantitative estimate of drug-likeness (QED) is 0.518. The van der Waals surface area contributed by atoms with Gasteiger partial charge in [0.25, 0.3) is 0 Å². The van der Waals surface area contributed by atoms with Crippen LogP contribution in [0.15, 0.2) is 0 Å². The second kappa shape index (κ2) is 6.40. The fraction of sp³-hybridized carbons (Fsp3) is 0.800. The van der Waals surface area contributed by atoms with Crippen LogP contribution in [0.5, 0.6) is 0 Å². The van der Waals surface area contributed by atoms with Crippen molar-refractivity contribution in [3.05, 3.63) is 0 Å². The lowest BCUT2D eigenvalue weighted by atomic mass is 10.1. The van der Waals surface area contributed by atoms with Crippen LogP contribution in [-0.4, -0.2) is 38.2 Å². The summed E-state index contributed by atoms with van der Waals surface area (Å²) in [5.41, 5.74) is -0.717. The van der Waals surface area contributed by atoms with Gasteiger partial charge in [-0.25, -0.2) is 0 Å². The summed E-state index contributed by atoms with van der Waals surface area (Å²) in [4.78, 5) is 22.0. The van der Waals surface area contributed by atoms with Crippen molar-refractivity contribution < 1.29 is 19.1 Å². The Morgan fingerprint density at radius 3 is 2.27 bits per heavy atom. The second-order valence-corrected chi connectivity index (χ2v) is 3.72. The lowest BCUT2D eigenvalue weighted by molar-refractivity contribution is -0.147. The number of carbonyl (C=O) groups excluding carboxylic acids is 2. The fourth-order valence-corrected chi connectivity index (χ4v) is 1.06. The van der Waals surface area contributed by atoms with E-state index in [2.05, 4.69) is 14.8 Å². The van der Waals surface area contributed by atoms with E-state index in [1.165, 1.54) is 14.2 Å². The molecule has 88 valence electrons. The second-order valence-electron chi connectivity index (χ2n) is 3.72. The van der Waals surface area contributed by atoms with Crippen molar-refractivity contribution in [3.63, 3.8) is 0 Å². The summed E-state index contributed by atoms with van der Waals surface area (Å²) in [5, 5.41) is 3.01. The molecule has 0 fully saturated rings. The number of carbonyl (C=O) groups is 2. The first-order valence-electron chi connectivity index (χ1n) is 4.84. The van der Waals surface area contributed by atoms with E-state index in [0.29, 0.717) is 19.4 Å². The number of hydrogen-bond donors (Lipinski definition) is 1. The van der Waals surface area contributed by atoms with E-state index in [0.717, 1.165) is 0 Å². The lowest BCUT2D eigenvalue weighted by Crippen LogP contribution is -2.47. The molecule has 5 heteroatoms. The Hall–Kier alpha value is -1.10. The Labute approximate surface area is 90.1 Å². The van der Waals surface area contributed by atoms with Gasteiger partial charge in [-0.2, -0.15) is 0 Å². The first-order valence-corrected chi connectivity index (χ1v) is 4.84. The third-order valence-corrected chi connectivity index (χ3v) is 2.05. The zero-order valence-corrected chi connectivity index (χ0v) is 9.75. The summed E-state index contributed by atoms with van der Waals surface area (Å²) in [7, 11) is 2.70. The number of methoxy groups -OCH3 is 2. The molecule has 0 unspecified atom stereocenters. The highest BCUT2D eigenvalue weighted by atomic mass is 16.5. The van der Waals surface area contributed by atoms with Crippen LogP contribution in [0.25, 0.3) is 0 Å². The summed E-state index contributed by atoms with van der Waals surface area (Å²) in [5.74, 6) is -0.562. The lowest BCUT2D eigenvalue weighted by Gasteiger charge is -2.22. The van der Waals surface area contributed by atoms with Crippen LogP contribution < -0.4 is 5.32 Å². The van der Waals surface area contributed by atoms with E-state index in [1.54, 1.807) is 13.8 Å². The minimum Gasteiger partial charge on any atom is -0.469 e. The van der Waals surface area contributed by atoms with Crippen molar-refractivity contribution >= 4 is 11.9 Å². The minimum absolute atomic E-state index is 0.243. The predicted molar refractivity (Wildman–Crippen MR) is 55.3 cm³/mol. The first-order chi connectivity index (χ1) is 6.94. The Kier molecular flexibility index (Phi) is 5.93. The Balaban J connectivity index is 3.75. The molecule has 0 atom stereocenters. The maximum absolute atomic E-state index is 11.2. The van der Waals surface area contributed by atoms with E-state index in [1.807, 2.05) is 0 Å². The topological polar surface area (TPSA) is 64.6 Å². The average molecular weight is 217 g/mol. The summed E-state index contributed by atoms with van der Waals surface area (Å²) in [6.07, 6.45) is 0.980. The van der Waals surface area contributed by atoms with Crippen LogP contribution >= 0.6 is 0 Å². The molecule has 0 radical (unpaired) electrons. The van der Waals surface area contributed by atoms with Crippen molar-refractivity contribution in [3.8, 4) is 0 Å². The molecule has 0 saturated carbocycles. The molecule has 0 aromatic rings. The van der Waals surface area contributed by atoms with Crippen molar-refractivity contribution in [2.45, 2.75) is 32.2 Å². The Morgan fingerprint density at radius 1 is 1.20 bits per heavy atom. The SMILES string of the molecule is COC(=O)CCCNC(C)(C)C(=O)OC. The third kappa shape index (κ3) is 5.37. The highest BCUT2D eigenvalue weighted by Gasteiger charge is 2.27. The molecule has 0 aliphatic rings. The number of ether oxygens (including phenoxy) is 2. The Morgan fingerprint density at radius 2 is 1.80 bits per heavy atom. The molecule has 15 heavy (non-hydrogen) atoms. The number of hydrogen-bond acceptors (Lipinski definition) is 5. The van der Waals surface area contributed by atoms with Gasteiger partial charge in [0.2, 0.25) is 0 Å². The molecular weight excluding hydrogens is 198 g/mol. The highest BCUT2D eigenvalue weighted by Crippen LogP contribution is 2.04. The highest BCUT2D eigenvalue weighted by molar-refractivity contribution is 5.79. The van der Waals surface area contributed by atoms with Gasteiger partial charge in [-0.1, -0.05) is 0 Å². The number of rotatable bonds is 6. The molecular formula is C10H19NO4. The molecule has 0 amide bonds. The summed E-state index contributed by atoms with van der Waals surface area (Å²) < 4.78 is 9.11. The van der Waals surface area contributed by atoms with Gasteiger partial charge in [-0.15, -0.1) is 0 Å². The van der Waals surface area contributed by atoms with E-state index in [-0.39, 0.29) is 11.9 Å². The molecule has 5 nitrogen and oxygen atoms in total. The fourth-order valence-electron chi connectivity index (χ4n) is 1.06. The monoisotopic (exact) mass is 217 g/mol. The summed E-state index contributed by atoms with van der Waals surface area (Å²) >= 11 is 0. The minimum atomic E-state index is -0.717. The van der Waals surface area contributed by atoms with Crippen LogP contribution in [0.1, 0.15) is 26.7 Å². The average Bonchev–Trinajstić information content (AvgIpc) is 2.22. The van der Waals surface area contributed by atoms with Crippen LogP contribution in [-0.2, 0) is 19.1 Å². The van der Waals surface area contributed by atoms with Crippen LogP contribution in [0.2, 0.25) is 0 Å². The van der Waals surface area contributed by atoms with E-state index in [9.17, 15) is 9.59 Å². The molecule has 0 aromatic heterocycles. The van der Waals surface area contributed by atoms with Crippen LogP contribution in [0.4, 0.5) is 0 Å². The van der Waals surface area contributed by atoms with Gasteiger partial charge < -0.3 is 14.8 Å². The van der Waals surface area contributed by atoms with Crippen molar-refractivity contribution in [1.29, 1.82) is 0 Å². The van der Waals surface area contributed by atoms with E-state index >= 15 is 0 Å². The van der Waals surface area contributed by atoms with Gasteiger partial charge in [0.1, 0.15) is 5.54 Å². The molecule has 0 heterocycles. The van der Waals surface area contributed by atoms with Crippen molar-refractivity contribution in [2.24, 2.45) is 0 Å². The predicted octanol–water partition coefficient (Wildman–Crippen LogP) is 0.481. The standard InChI is InChI=1S/C10H19NO4/c1-10(2,9(13)15-4)11-7-5-6-8(12)14-3/h11H,5-7H2,1-4H3. The molecule has 0 aliphatic carbocycles. The molecule has 1 N–H and O–H groups in total. The van der Waals surface area contributed by atoms with Crippen LogP contribution in [0, 0.1) is 0 Å². The molecule has 0 aliphatic heterocycles. The zero-order valence-electron chi connectivity index (χ0n) is 9.75. The number of esters is 2. The normalized spacial score (nSPS) is 10.9. The third-order valence-electron chi connectivity index (χ3n) is 2.05. The molecule has 0 bridgehead atoms. The molecule has 0 saturated heterocycles. The van der Waals surface area contributed by atoms with Gasteiger partial charge >= 0.3 is 11.9 Å². The van der Waals surface area contributed by atoms with Crippen LogP contribution in [0.3, 0.4) is 0 Å². The zero-order chi connectivity index (χ0) is 11.9. The number of nitrogens with one attached hydrogen (secondary N) is 1. The summed E-state index contributed by atoms with van der Waals surface area (Å²) in [6, 6.07) is 0. The van der Waals surface area contributed by atoms with Gasteiger partial charge in [0, 0.05) is 6.42 Å². The maximum Gasteiger partial charge on any atom is 0.325 e. The van der Waals surface area contributed by atoms with Gasteiger partial charge in [0.15, 0.2) is 0 Å². The molecule has 0 aromatic carbocycles. The molecule has 0 rings (SSSR count). The van der Waals surface area contributed by atoms with Crippen molar-refractivity contribution in [2.75, 3.05) is 20.8 Å². The van der Waals surface area contributed by atoms with Gasteiger partial charge in [0.05, 0.1) is 14.2 Å². The summed E-state index contributed by atoms with van der Waals surface area (Å²) in [6.45, 7) is 4.03. The largest absolute Gasteiger partial charge is 0.469 e. The van der Waals surface area contributed by atoms with Gasteiger partial charge in [-0.3, -0.25) is 9.59 Å². The first kappa shape index (κ1) is 13.9. The Bertz CT molecular complexity index is 225. The van der Waals surface area contributed by atoms with Crippen molar-refractivity contribution in [1.82, 2.24) is 5.32 Å². The van der Waals surface area contributed by atoms with Gasteiger partial charge in [-0.05, 0) is 26.8 Å². The van der Waals surface area contributed by atoms with E-state index in [4.69, 9.17) is 0 Å².